The van der Waals surface area contributed by atoms with Gasteiger partial charge in [0.1, 0.15) is 12.3 Å². The van der Waals surface area contributed by atoms with Crippen LogP contribution in [0.4, 0.5) is 16.2 Å². The second-order valence-electron chi connectivity index (χ2n) is 14.7. The first-order valence-corrected chi connectivity index (χ1v) is 20.0. The highest BCUT2D eigenvalue weighted by Crippen LogP contribution is 2.31. The monoisotopic (exact) mass is 754 g/mol. The molecule has 0 radical (unpaired) electrons. The number of nitrogens with zero attached hydrogens (tertiary/aromatic N) is 2. The van der Waals surface area contributed by atoms with E-state index in [1.54, 1.807) is 33.8 Å². The molecule has 0 aromatic heterocycles. The van der Waals surface area contributed by atoms with E-state index in [9.17, 15) is 28.2 Å². The average Bonchev–Trinajstić information content (AvgIpc) is 3.38. The quantitative estimate of drug-likeness (QED) is 0.0684. The van der Waals surface area contributed by atoms with E-state index in [-0.39, 0.29) is 30.3 Å². The number of nitrogens with one attached hydrogen (secondary N) is 2. The van der Waals surface area contributed by atoms with Crippen molar-refractivity contribution in [1.82, 2.24) is 9.80 Å². The van der Waals surface area contributed by atoms with Gasteiger partial charge in [-0.2, -0.15) is 0 Å². The number of imide groups is 1. The Kier molecular flexibility index (Phi) is 17.6. The summed E-state index contributed by atoms with van der Waals surface area (Å²) in [7, 11) is 1.39. The maximum absolute atomic E-state index is 13.9. The number of anilines is 2. The number of hydrogen-bond donors (Lipinski definition) is 2. The molecule has 53 heavy (non-hydrogen) atoms. The second-order valence-corrected chi connectivity index (χ2v) is 15.9. The van der Waals surface area contributed by atoms with Gasteiger partial charge in [-0.15, -0.1) is 0 Å². The van der Waals surface area contributed by atoms with Crippen molar-refractivity contribution in [3.8, 4) is 5.75 Å². The van der Waals surface area contributed by atoms with Crippen LogP contribution in [0.3, 0.4) is 0 Å². The average molecular weight is 755 g/mol. The number of rotatable bonds is 23. The second kappa shape index (κ2) is 21.6. The molecule has 5 amide bonds. The van der Waals surface area contributed by atoms with Gasteiger partial charge in [0.25, 0.3) is 11.8 Å². The van der Waals surface area contributed by atoms with E-state index in [0.29, 0.717) is 12.3 Å². The number of carbonyl (C=O) groups excluding carboxylic acids is 5. The third kappa shape index (κ3) is 13.7. The van der Waals surface area contributed by atoms with Gasteiger partial charge in [0.05, 0.1) is 25.2 Å². The Labute approximate surface area is 317 Å². The largest absolute Gasteiger partial charge is 0.495 e. The highest BCUT2D eigenvalue weighted by atomic mass is 32.2. The Morgan fingerprint density at radius 1 is 0.868 bits per heavy atom. The van der Waals surface area contributed by atoms with E-state index >= 15 is 0 Å². The minimum Gasteiger partial charge on any atom is -0.495 e. The SMILES string of the molecule is CCCCCCCCCCCCOS(=O)CC(C)C(=O)Nc1ccc(OC)c(NC(=O)C(C(=O)C(C)(C)C)N2C(=O)CN(Cc3ccccc3)C2=O)c1. The molecule has 12 nitrogen and oxygen atoms in total. The third-order valence-electron chi connectivity index (χ3n) is 9.05. The Morgan fingerprint density at radius 3 is 2.09 bits per heavy atom. The Bertz CT molecular complexity index is 1560. The smallest absolute Gasteiger partial charge is 0.328 e. The molecule has 1 saturated heterocycles. The van der Waals surface area contributed by atoms with Crippen LogP contribution in [-0.2, 0) is 41.0 Å². The molecule has 1 aliphatic heterocycles. The number of unbranched alkanes of at least 4 members (excludes halogenated alkanes) is 9. The van der Waals surface area contributed by atoms with Crippen LogP contribution >= 0.6 is 0 Å². The lowest BCUT2D eigenvalue weighted by molar-refractivity contribution is -0.143. The van der Waals surface area contributed by atoms with E-state index < -0.39 is 58.0 Å². The molecule has 0 bridgehead atoms. The highest BCUT2D eigenvalue weighted by Gasteiger charge is 2.49. The van der Waals surface area contributed by atoms with Gasteiger partial charge < -0.3 is 20.3 Å². The zero-order chi connectivity index (χ0) is 39.0. The number of ether oxygens (including phenoxy) is 1. The maximum Gasteiger partial charge on any atom is 0.328 e. The molecule has 0 aliphatic carbocycles. The third-order valence-corrected chi connectivity index (χ3v) is 10.3. The van der Waals surface area contributed by atoms with Crippen LogP contribution in [0.15, 0.2) is 48.5 Å². The van der Waals surface area contributed by atoms with Crippen molar-refractivity contribution in [3.05, 3.63) is 54.1 Å². The molecule has 3 unspecified atom stereocenters. The van der Waals surface area contributed by atoms with Gasteiger partial charge in [0.2, 0.25) is 5.91 Å². The number of methoxy groups -OCH3 is 1. The predicted molar refractivity (Wildman–Crippen MR) is 208 cm³/mol. The molecule has 3 atom stereocenters. The van der Waals surface area contributed by atoms with E-state index in [1.165, 1.54) is 69.1 Å². The van der Waals surface area contributed by atoms with E-state index in [4.69, 9.17) is 8.92 Å². The van der Waals surface area contributed by atoms with Gasteiger partial charge in [-0.3, -0.25) is 23.4 Å². The fourth-order valence-electron chi connectivity index (χ4n) is 5.93. The van der Waals surface area contributed by atoms with Crippen LogP contribution in [-0.4, -0.2) is 75.6 Å². The van der Waals surface area contributed by atoms with Gasteiger partial charge in [0.15, 0.2) is 22.9 Å². The molecule has 2 N–H and O–H groups in total. The zero-order valence-corrected chi connectivity index (χ0v) is 33.1. The van der Waals surface area contributed by atoms with Crippen molar-refractivity contribution in [1.29, 1.82) is 0 Å². The summed E-state index contributed by atoms with van der Waals surface area (Å²) in [5, 5.41) is 5.43. The summed E-state index contributed by atoms with van der Waals surface area (Å²) in [6.07, 6.45) is 11.9. The topological polar surface area (TPSA) is 151 Å². The fourth-order valence-corrected chi connectivity index (χ4v) is 6.89. The van der Waals surface area contributed by atoms with Crippen molar-refractivity contribution < 1.29 is 37.1 Å². The van der Waals surface area contributed by atoms with E-state index in [0.717, 1.165) is 29.7 Å². The Balaban J connectivity index is 1.60. The molecule has 2 aromatic rings. The molecule has 0 saturated carbocycles. The van der Waals surface area contributed by atoms with Crippen molar-refractivity contribution in [2.24, 2.45) is 11.3 Å². The molecule has 1 fully saturated rings. The summed E-state index contributed by atoms with van der Waals surface area (Å²) in [6.45, 7) is 8.91. The zero-order valence-electron chi connectivity index (χ0n) is 32.2. The van der Waals surface area contributed by atoms with Crippen LogP contribution in [0.2, 0.25) is 0 Å². The number of ketones is 1. The molecule has 292 valence electrons. The van der Waals surface area contributed by atoms with Gasteiger partial charge in [-0.05, 0) is 30.2 Å². The number of Topliss-reactive ketones (excluding diaryl/α,β-unsaturated/α-hetero) is 1. The lowest BCUT2D eigenvalue weighted by atomic mass is 9.85. The minimum absolute atomic E-state index is 0.0130. The molecule has 3 rings (SSSR count). The standard InChI is InChI=1S/C40H58N4O8S/c1-7-8-9-10-11-12-13-14-15-19-24-52-53(50)28-29(2)37(47)41-31-22-23-33(51-6)32(25-31)42-38(48)35(36(46)40(3,4)5)44-34(45)27-43(39(44)49)26-30-20-17-16-18-21-30/h16-18,20-23,25,29,35H,7-15,19,24,26-28H2,1-6H3,(H,41,47)(H,42,48). The normalized spacial score (nSPS) is 14.9. The fraction of sp³-hybridized carbons (Fsp3) is 0.575. The van der Waals surface area contributed by atoms with Gasteiger partial charge in [-0.1, -0.05) is 123 Å². The highest BCUT2D eigenvalue weighted by molar-refractivity contribution is 7.80. The summed E-state index contributed by atoms with van der Waals surface area (Å²) in [5.41, 5.74) is 0.122. The number of amides is 5. The Morgan fingerprint density at radius 2 is 1.49 bits per heavy atom. The first kappa shape index (κ1) is 43.3. The lowest BCUT2D eigenvalue weighted by Crippen LogP contribution is -2.55. The first-order chi connectivity index (χ1) is 25.3. The van der Waals surface area contributed by atoms with Crippen LogP contribution in [0, 0.1) is 11.3 Å². The minimum atomic E-state index is -1.76. The number of benzene rings is 2. The Hall–Kier alpha value is -4.10. The van der Waals surface area contributed by atoms with Crippen LogP contribution in [0.25, 0.3) is 0 Å². The van der Waals surface area contributed by atoms with Crippen molar-refractivity contribution in [3.63, 3.8) is 0 Å². The number of carbonyl (C=O) groups is 5. The van der Waals surface area contributed by atoms with Crippen LogP contribution in [0.1, 0.15) is 104 Å². The summed E-state index contributed by atoms with van der Waals surface area (Å²) < 4.78 is 23.5. The summed E-state index contributed by atoms with van der Waals surface area (Å²) in [4.78, 5) is 69.5. The summed E-state index contributed by atoms with van der Waals surface area (Å²) in [6, 6.07) is 11.1. The molecular weight excluding hydrogens is 697 g/mol. The van der Waals surface area contributed by atoms with Gasteiger partial charge in [-0.25, -0.2) is 13.9 Å². The first-order valence-electron chi connectivity index (χ1n) is 18.8. The molecule has 0 spiro atoms. The lowest BCUT2D eigenvalue weighted by Gasteiger charge is -2.29. The molecular formula is C40H58N4O8S. The molecule has 1 aliphatic rings. The predicted octanol–water partition coefficient (Wildman–Crippen LogP) is 7.26. The van der Waals surface area contributed by atoms with E-state index in [1.807, 2.05) is 30.3 Å². The van der Waals surface area contributed by atoms with Gasteiger partial charge >= 0.3 is 6.03 Å². The van der Waals surface area contributed by atoms with Gasteiger partial charge in [0, 0.05) is 23.6 Å². The molecule has 2 aromatic carbocycles. The summed E-state index contributed by atoms with van der Waals surface area (Å²) in [5.74, 6) is -3.02. The maximum atomic E-state index is 13.9. The van der Waals surface area contributed by atoms with Crippen molar-refractivity contribution in [2.75, 3.05) is 36.6 Å². The van der Waals surface area contributed by atoms with Crippen molar-refractivity contribution >= 4 is 52.0 Å². The van der Waals surface area contributed by atoms with Crippen molar-refractivity contribution in [2.45, 2.75) is 111 Å². The van der Waals surface area contributed by atoms with E-state index in [2.05, 4.69) is 17.6 Å². The number of urea groups is 1. The molecule has 1 heterocycles. The summed E-state index contributed by atoms with van der Waals surface area (Å²) >= 11 is -1.63. The molecule has 13 heteroatoms. The number of hydrogen-bond acceptors (Lipinski definition) is 8. The van der Waals surface area contributed by atoms with Crippen LogP contribution in [0.5, 0.6) is 5.75 Å². The van der Waals surface area contributed by atoms with Crippen LogP contribution < -0.4 is 15.4 Å².